The molecule has 16 heteroatoms. The Hall–Kier alpha value is -3.01. The van der Waals surface area contributed by atoms with Crippen LogP contribution in [-0.2, 0) is 23.2 Å². The maximum absolute atomic E-state index is 12.9. The van der Waals surface area contributed by atoms with Crippen molar-refractivity contribution < 1.29 is 28.6 Å². The van der Waals surface area contributed by atoms with Crippen LogP contribution < -0.4 is 10.1 Å². The number of aryl methyl sites for hydroxylation is 1. The number of benzene rings is 1. The van der Waals surface area contributed by atoms with E-state index in [0.29, 0.717) is 38.8 Å². The summed E-state index contributed by atoms with van der Waals surface area (Å²) in [5.74, 6) is -0.772. The number of aromatic nitrogens is 4. The molecule has 2 aliphatic heterocycles. The van der Waals surface area contributed by atoms with Crippen molar-refractivity contribution in [2.45, 2.75) is 23.2 Å². The summed E-state index contributed by atoms with van der Waals surface area (Å²) < 4.78 is 13.5. The van der Waals surface area contributed by atoms with E-state index < -0.39 is 29.2 Å². The van der Waals surface area contributed by atoms with Crippen molar-refractivity contribution in [2.75, 3.05) is 11.5 Å². The number of carboxylic acids is 1. The van der Waals surface area contributed by atoms with Crippen LogP contribution in [0.2, 0.25) is 5.02 Å². The van der Waals surface area contributed by atoms with E-state index in [1.807, 2.05) is 0 Å². The highest BCUT2D eigenvalue weighted by Gasteiger charge is 2.54. The largest absolute Gasteiger partial charge is 0.484 e. The number of aliphatic carboxylic acids is 1. The van der Waals surface area contributed by atoms with Crippen LogP contribution in [0.4, 0.5) is 0 Å². The second-order valence-electron chi connectivity index (χ2n) is 8.12. The van der Waals surface area contributed by atoms with E-state index in [-0.39, 0.29) is 18.1 Å². The fourth-order valence-electron chi connectivity index (χ4n) is 3.82. The van der Waals surface area contributed by atoms with Gasteiger partial charge in [-0.05, 0) is 46.3 Å². The first-order valence-corrected chi connectivity index (χ1v) is 14.2. The first-order valence-electron chi connectivity index (χ1n) is 11.0. The number of amides is 2. The molecule has 198 valence electrons. The molecule has 0 radical (unpaired) electrons. The molecule has 5 rings (SSSR count). The number of hydrogen-bond donors (Lipinski definition) is 2. The highest BCUT2D eigenvalue weighted by molar-refractivity contribution is 9.10. The lowest BCUT2D eigenvalue weighted by Crippen LogP contribution is -2.70. The van der Waals surface area contributed by atoms with E-state index >= 15 is 0 Å². The Morgan fingerprint density at radius 2 is 2.18 bits per heavy atom. The molecule has 2 aliphatic rings. The van der Waals surface area contributed by atoms with Gasteiger partial charge in [0.15, 0.2) is 5.76 Å². The number of tetrazole rings is 1. The maximum Gasteiger partial charge on any atom is 0.352 e. The van der Waals surface area contributed by atoms with Gasteiger partial charge in [0.05, 0.1) is 5.02 Å². The third-order valence-electron chi connectivity index (χ3n) is 5.64. The first-order chi connectivity index (χ1) is 18.2. The summed E-state index contributed by atoms with van der Waals surface area (Å²) in [5, 5.41) is 24.1. The van der Waals surface area contributed by atoms with Crippen molar-refractivity contribution in [1.29, 1.82) is 0 Å². The molecule has 2 N–H and O–H groups in total. The Kier molecular flexibility index (Phi) is 7.70. The van der Waals surface area contributed by atoms with Crippen LogP contribution in [0.3, 0.4) is 0 Å². The van der Waals surface area contributed by atoms with Crippen molar-refractivity contribution in [2.24, 2.45) is 7.05 Å². The molecule has 2 aromatic heterocycles. The molecule has 2 amide bonds. The summed E-state index contributed by atoms with van der Waals surface area (Å²) in [6.45, 7) is 0.0429. The Balaban J connectivity index is 1.21. The molecule has 0 spiro atoms. The number of carbonyl (C=O) groups excluding carboxylic acids is 2. The van der Waals surface area contributed by atoms with Gasteiger partial charge in [0.1, 0.15) is 35.2 Å². The number of halogens is 2. The van der Waals surface area contributed by atoms with Crippen molar-refractivity contribution in [3.8, 4) is 5.75 Å². The maximum atomic E-state index is 12.9. The molecule has 1 fully saturated rings. The van der Waals surface area contributed by atoms with Crippen LogP contribution in [0.5, 0.6) is 5.75 Å². The third kappa shape index (κ3) is 5.28. The van der Waals surface area contributed by atoms with Crippen molar-refractivity contribution in [1.82, 2.24) is 30.4 Å². The molecular formula is C22H18BrClN6O6S2. The zero-order valence-electron chi connectivity index (χ0n) is 19.5. The third-order valence-corrected chi connectivity index (χ3v) is 8.87. The van der Waals surface area contributed by atoms with Crippen molar-refractivity contribution >= 4 is 68.8 Å². The summed E-state index contributed by atoms with van der Waals surface area (Å²) in [6, 6.07) is 7.37. The van der Waals surface area contributed by atoms with Gasteiger partial charge in [0, 0.05) is 23.0 Å². The zero-order valence-corrected chi connectivity index (χ0v) is 23.4. The van der Waals surface area contributed by atoms with E-state index in [4.69, 9.17) is 20.8 Å². The van der Waals surface area contributed by atoms with E-state index in [1.165, 1.54) is 39.2 Å². The highest BCUT2D eigenvalue weighted by Crippen LogP contribution is 2.41. The van der Waals surface area contributed by atoms with Gasteiger partial charge in [-0.1, -0.05) is 39.3 Å². The number of carboxylic acid groups (broad SMARTS) is 1. The monoisotopic (exact) mass is 640 g/mol. The molecule has 4 heterocycles. The fraction of sp³-hybridized carbons (Fsp3) is 0.273. The number of carbonyl (C=O) groups is 3. The van der Waals surface area contributed by atoms with E-state index in [9.17, 15) is 19.5 Å². The number of rotatable bonds is 9. The number of nitrogens with one attached hydrogen (secondary N) is 1. The highest BCUT2D eigenvalue weighted by atomic mass is 79.9. The predicted octanol–water partition coefficient (Wildman–Crippen LogP) is 2.94. The number of fused-ring (bicyclic) bond motifs is 1. The quantitative estimate of drug-likeness (QED) is 0.262. The van der Waals surface area contributed by atoms with Gasteiger partial charge in [-0.2, -0.15) is 0 Å². The molecule has 3 aromatic rings. The molecule has 38 heavy (non-hydrogen) atoms. The zero-order chi connectivity index (χ0) is 27.0. The minimum Gasteiger partial charge on any atom is -0.484 e. The van der Waals surface area contributed by atoms with E-state index in [2.05, 4.69) is 36.8 Å². The second-order valence-corrected chi connectivity index (χ2v) is 11.5. The standard InChI is InChI=1S/C22H18BrClN6O6S2/c1-29-22(26-27-28-29)38-9-10-8-37-20-16(19(32)30(20)17(10)21(33)34)25-18(31)15-5-3-12(36-15)7-35-14-4-2-11(23)6-13(14)24/h2-6,16,20H,7-9H2,1H3,(H,25,31)(H,33,34)/t16-,20-/m1/s1. The van der Waals surface area contributed by atoms with Gasteiger partial charge in [0.25, 0.3) is 11.8 Å². The van der Waals surface area contributed by atoms with Crippen LogP contribution in [-0.4, -0.2) is 70.9 Å². The number of hydrogen-bond acceptors (Lipinski definition) is 10. The average Bonchev–Trinajstić information content (AvgIpc) is 3.53. The Bertz CT molecular complexity index is 1460. The molecule has 2 atom stereocenters. The Morgan fingerprint density at radius 3 is 2.89 bits per heavy atom. The van der Waals surface area contributed by atoms with Gasteiger partial charge in [-0.25, -0.2) is 9.48 Å². The smallest absolute Gasteiger partial charge is 0.352 e. The van der Waals surface area contributed by atoms with Crippen LogP contribution in [0.25, 0.3) is 0 Å². The van der Waals surface area contributed by atoms with Crippen molar-refractivity contribution in [3.05, 3.63) is 62.6 Å². The van der Waals surface area contributed by atoms with Crippen LogP contribution in [0, 0.1) is 0 Å². The summed E-state index contributed by atoms with van der Waals surface area (Å²) in [7, 11) is 1.68. The number of ether oxygens (including phenoxy) is 1. The van der Waals surface area contributed by atoms with Crippen LogP contribution in [0.15, 0.2) is 55.6 Å². The lowest BCUT2D eigenvalue weighted by Gasteiger charge is -2.49. The number of β-lactam (4-membered cyclic amide) rings is 1. The predicted molar refractivity (Wildman–Crippen MR) is 141 cm³/mol. The molecule has 1 saturated heterocycles. The molecule has 0 unspecified atom stereocenters. The summed E-state index contributed by atoms with van der Waals surface area (Å²) >= 11 is 12.1. The first kappa shape index (κ1) is 26.6. The molecular weight excluding hydrogens is 624 g/mol. The molecule has 0 aliphatic carbocycles. The Morgan fingerprint density at radius 1 is 1.37 bits per heavy atom. The molecule has 1 aromatic carbocycles. The fourth-order valence-corrected chi connectivity index (χ4v) is 6.88. The van der Waals surface area contributed by atoms with Gasteiger partial charge < -0.3 is 19.6 Å². The summed E-state index contributed by atoms with van der Waals surface area (Å²) in [6.07, 6.45) is 0. The second kappa shape index (κ2) is 11.0. The SMILES string of the molecule is Cn1nnnc1SCC1=C(C(=O)O)N2C(=O)[C@@H](NC(=O)c3ccc(COc4ccc(Br)cc4Cl)o3)[C@H]2SC1. The summed E-state index contributed by atoms with van der Waals surface area (Å²) in [5.41, 5.74) is 0.502. The van der Waals surface area contributed by atoms with Crippen molar-refractivity contribution in [3.63, 3.8) is 0 Å². The summed E-state index contributed by atoms with van der Waals surface area (Å²) in [4.78, 5) is 39.0. The number of furan rings is 1. The minimum absolute atomic E-state index is 0.000869. The topological polar surface area (TPSA) is 153 Å². The van der Waals surface area contributed by atoms with E-state index in [1.54, 1.807) is 31.3 Å². The Labute approximate surface area is 237 Å². The van der Waals surface area contributed by atoms with Gasteiger partial charge >= 0.3 is 5.97 Å². The van der Waals surface area contributed by atoms with Crippen LogP contribution >= 0.6 is 51.1 Å². The van der Waals surface area contributed by atoms with Crippen LogP contribution in [0.1, 0.15) is 16.3 Å². The van der Waals surface area contributed by atoms with Gasteiger partial charge in [0.2, 0.25) is 5.16 Å². The van der Waals surface area contributed by atoms with Gasteiger partial charge in [-0.3, -0.25) is 14.5 Å². The normalized spacial score (nSPS) is 18.7. The minimum atomic E-state index is -1.21. The number of nitrogens with zero attached hydrogens (tertiary/aromatic N) is 5. The van der Waals surface area contributed by atoms with Gasteiger partial charge in [-0.15, -0.1) is 16.9 Å². The lowest BCUT2D eigenvalue weighted by atomic mass is 10.0. The lowest BCUT2D eigenvalue weighted by molar-refractivity contribution is -0.148. The molecule has 0 saturated carbocycles. The van der Waals surface area contributed by atoms with E-state index in [0.717, 1.165) is 4.47 Å². The molecule has 12 nitrogen and oxygen atoms in total. The number of thioether (sulfide) groups is 2. The average molecular weight is 642 g/mol. The molecule has 0 bridgehead atoms.